The first-order valence-electron chi connectivity index (χ1n) is 8.06. The maximum atomic E-state index is 11.6. The Bertz CT molecular complexity index is 352. The van der Waals surface area contributed by atoms with Gasteiger partial charge in [0.1, 0.15) is 5.54 Å². The molecule has 2 saturated carbocycles. The molecule has 1 aliphatic heterocycles. The highest BCUT2D eigenvalue weighted by molar-refractivity contribution is 5.78. The summed E-state index contributed by atoms with van der Waals surface area (Å²) in [7, 11) is 0. The summed E-state index contributed by atoms with van der Waals surface area (Å²) in [5.74, 6) is -0.619. The summed E-state index contributed by atoms with van der Waals surface area (Å²) in [5.41, 5.74) is 0.0562. The van der Waals surface area contributed by atoms with Gasteiger partial charge in [-0.05, 0) is 70.3 Å². The minimum atomic E-state index is -0.619. The van der Waals surface area contributed by atoms with E-state index >= 15 is 0 Å². The van der Waals surface area contributed by atoms with Crippen LogP contribution in [0.2, 0.25) is 0 Å². The maximum absolute atomic E-state index is 11.6. The Labute approximate surface area is 116 Å². The minimum Gasteiger partial charge on any atom is -0.480 e. The van der Waals surface area contributed by atoms with Crippen LogP contribution in [0.3, 0.4) is 0 Å². The molecule has 1 N–H and O–H groups in total. The van der Waals surface area contributed by atoms with E-state index in [1.165, 1.54) is 51.4 Å². The van der Waals surface area contributed by atoms with Gasteiger partial charge in [0.25, 0.3) is 0 Å². The number of likely N-dealkylation sites (tertiary alicyclic amines) is 1. The lowest BCUT2D eigenvalue weighted by molar-refractivity contribution is -0.150. The van der Waals surface area contributed by atoms with Crippen molar-refractivity contribution < 1.29 is 9.90 Å². The van der Waals surface area contributed by atoms with Crippen LogP contribution in [0.25, 0.3) is 0 Å². The average molecular weight is 265 g/mol. The predicted molar refractivity (Wildman–Crippen MR) is 75.1 cm³/mol. The van der Waals surface area contributed by atoms with Crippen LogP contribution in [0.15, 0.2) is 0 Å². The Morgan fingerprint density at radius 2 is 1.68 bits per heavy atom. The second kappa shape index (κ2) is 4.76. The third-order valence-corrected chi connectivity index (χ3v) is 6.28. The molecule has 0 aromatic rings. The minimum absolute atomic E-state index is 0.523. The Kier molecular flexibility index (Phi) is 3.36. The highest BCUT2D eigenvalue weighted by Gasteiger charge is 2.48. The van der Waals surface area contributed by atoms with Gasteiger partial charge in [0.05, 0.1) is 0 Å². The van der Waals surface area contributed by atoms with E-state index in [-0.39, 0.29) is 0 Å². The topological polar surface area (TPSA) is 40.5 Å². The van der Waals surface area contributed by atoms with Gasteiger partial charge in [-0.15, -0.1) is 0 Å². The van der Waals surface area contributed by atoms with Crippen molar-refractivity contribution >= 4 is 5.97 Å². The van der Waals surface area contributed by atoms with Crippen molar-refractivity contribution in [2.24, 2.45) is 5.41 Å². The summed E-state index contributed by atoms with van der Waals surface area (Å²) >= 11 is 0. The Morgan fingerprint density at radius 3 is 2.26 bits per heavy atom. The van der Waals surface area contributed by atoms with Crippen molar-refractivity contribution in [3.63, 3.8) is 0 Å². The van der Waals surface area contributed by atoms with E-state index < -0.39 is 11.5 Å². The summed E-state index contributed by atoms with van der Waals surface area (Å²) in [6.07, 6.45) is 12.7. The van der Waals surface area contributed by atoms with Crippen molar-refractivity contribution in [3.8, 4) is 0 Å². The van der Waals surface area contributed by atoms with Crippen LogP contribution >= 0.6 is 0 Å². The van der Waals surface area contributed by atoms with Crippen LogP contribution in [0.5, 0.6) is 0 Å². The highest BCUT2D eigenvalue weighted by Crippen LogP contribution is 2.50. The van der Waals surface area contributed by atoms with Gasteiger partial charge >= 0.3 is 5.97 Å². The molecule has 0 bridgehead atoms. The van der Waals surface area contributed by atoms with Gasteiger partial charge in [-0.25, -0.2) is 0 Å². The van der Waals surface area contributed by atoms with E-state index in [0.717, 1.165) is 19.4 Å². The van der Waals surface area contributed by atoms with Gasteiger partial charge in [0.15, 0.2) is 0 Å². The molecule has 0 amide bonds. The van der Waals surface area contributed by atoms with Crippen LogP contribution in [-0.2, 0) is 4.79 Å². The third kappa shape index (κ3) is 2.20. The first kappa shape index (κ1) is 13.4. The quantitative estimate of drug-likeness (QED) is 0.831. The van der Waals surface area contributed by atoms with E-state index in [0.29, 0.717) is 11.5 Å². The van der Waals surface area contributed by atoms with Gasteiger partial charge in [-0.3, -0.25) is 9.69 Å². The van der Waals surface area contributed by atoms with Crippen LogP contribution in [0, 0.1) is 5.41 Å². The van der Waals surface area contributed by atoms with E-state index in [9.17, 15) is 9.90 Å². The molecule has 1 atom stereocenters. The van der Waals surface area contributed by atoms with Crippen molar-refractivity contribution in [1.29, 1.82) is 0 Å². The highest BCUT2D eigenvalue weighted by atomic mass is 16.4. The molecule has 19 heavy (non-hydrogen) atoms. The van der Waals surface area contributed by atoms with Crippen molar-refractivity contribution in [2.75, 3.05) is 6.54 Å². The molecule has 1 heterocycles. The molecule has 3 rings (SSSR count). The molecule has 1 spiro atoms. The molecule has 0 aromatic heterocycles. The molecule has 1 unspecified atom stereocenters. The molecule has 3 aliphatic rings. The zero-order valence-corrected chi connectivity index (χ0v) is 12.2. The van der Waals surface area contributed by atoms with E-state index in [1.54, 1.807) is 0 Å². The average Bonchev–Trinajstić information content (AvgIpc) is 2.99. The summed E-state index contributed by atoms with van der Waals surface area (Å²) in [6.45, 7) is 2.92. The normalized spacial score (nSPS) is 36.1. The number of carboxylic acids is 1. The van der Waals surface area contributed by atoms with E-state index in [4.69, 9.17) is 0 Å². The van der Waals surface area contributed by atoms with Crippen LogP contribution < -0.4 is 0 Å². The van der Waals surface area contributed by atoms with Crippen molar-refractivity contribution in [3.05, 3.63) is 0 Å². The molecular weight excluding hydrogens is 238 g/mol. The predicted octanol–water partition coefficient (Wildman–Crippen LogP) is 3.43. The number of hydrogen-bond donors (Lipinski definition) is 1. The second-order valence-electron chi connectivity index (χ2n) is 7.31. The zero-order chi connectivity index (χ0) is 13.5. The van der Waals surface area contributed by atoms with Crippen LogP contribution in [0.4, 0.5) is 0 Å². The molecule has 0 radical (unpaired) electrons. The van der Waals surface area contributed by atoms with Crippen molar-refractivity contribution in [1.82, 2.24) is 4.90 Å². The van der Waals surface area contributed by atoms with Crippen LogP contribution in [-0.4, -0.2) is 34.1 Å². The Hall–Kier alpha value is -0.570. The van der Waals surface area contributed by atoms with Gasteiger partial charge in [-0.1, -0.05) is 12.8 Å². The molecule has 108 valence electrons. The molecule has 3 nitrogen and oxygen atoms in total. The molecular formula is C16H27NO2. The summed E-state index contributed by atoms with van der Waals surface area (Å²) in [6, 6.07) is 0.523. The Morgan fingerprint density at radius 1 is 1.05 bits per heavy atom. The summed E-state index contributed by atoms with van der Waals surface area (Å²) < 4.78 is 0. The SMILES string of the molecule is CC1(C(=O)O)CCCN1C1CCC2(CCCC2)CC1. The van der Waals surface area contributed by atoms with E-state index in [1.807, 2.05) is 6.92 Å². The number of hydrogen-bond acceptors (Lipinski definition) is 2. The van der Waals surface area contributed by atoms with Gasteiger partial charge < -0.3 is 5.11 Å². The smallest absolute Gasteiger partial charge is 0.323 e. The lowest BCUT2D eigenvalue weighted by Crippen LogP contribution is -2.53. The zero-order valence-electron chi connectivity index (χ0n) is 12.2. The van der Waals surface area contributed by atoms with Gasteiger partial charge in [0.2, 0.25) is 0 Å². The molecule has 1 saturated heterocycles. The first-order valence-corrected chi connectivity index (χ1v) is 8.06. The first-order chi connectivity index (χ1) is 9.06. The lowest BCUT2D eigenvalue weighted by atomic mass is 9.71. The molecule has 2 aliphatic carbocycles. The monoisotopic (exact) mass is 265 g/mol. The fourth-order valence-corrected chi connectivity index (χ4v) is 4.95. The molecule has 0 aromatic carbocycles. The van der Waals surface area contributed by atoms with Gasteiger partial charge in [0, 0.05) is 6.04 Å². The number of nitrogens with zero attached hydrogens (tertiary/aromatic N) is 1. The molecule has 3 heteroatoms. The summed E-state index contributed by atoms with van der Waals surface area (Å²) in [5, 5.41) is 9.54. The van der Waals surface area contributed by atoms with Gasteiger partial charge in [-0.2, -0.15) is 0 Å². The van der Waals surface area contributed by atoms with E-state index in [2.05, 4.69) is 4.90 Å². The third-order valence-electron chi connectivity index (χ3n) is 6.28. The fraction of sp³-hybridized carbons (Fsp3) is 0.938. The molecule has 3 fully saturated rings. The maximum Gasteiger partial charge on any atom is 0.323 e. The lowest BCUT2D eigenvalue weighted by Gasteiger charge is -2.44. The number of carboxylic acid groups (broad SMARTS) is 1. The number of aliphatic carboxylic acids is 1. The standard InChI is InChI=1S/C16H27NO2/c1-15(14(18)19)7-4-12-17(15)13-5-10-16(11-6-13)8-2-3-9-16/h13H,2-12H2,1H3,(H,18,19). The van der Waals surface area contributed by atoms with Crippen molar-refractivity contribution in [2.45, 2.75) is 82.7 Å². The van der Waals surface area contributed by atoms with Crippen LogP contribution in [0.1, 0.15) is 71.1 Å². The summed E-state index contributed by atoms with van der Waals surface area (Å²) in [4.78, 5) is 13.9. The fourth-order valence-electron chi connectivity index (χ4n) is 4.95. The second-order valence-corrected chi connectivity index (χ2v) is 7.31. The number of carbonyl (C=O) groups is 1. The largest absolute Gasteiger partial charge is 0.480 e. The number of rotatable bonds is 2. The Balaban J connectivity index is 1.66.